The van der Waals surface area contributed by atoms with Gasteiger partial charge in [-0.25, -0.2) is 0 Å². The van der Waals surface area contributed by atoms with E-state index in [0.29, 0.717) is 38.2 Å². The van der Waals surface area contributed by atoms with Gasteiger partial charge in [0, 0.05) is 11.8 Å². The van der Waals surface area contributed by atoms with Crippen LogP contribution in [-0.2, 0) is 16.0 Å². The summed E-state index contributed by atoms with van der Waals surface area (Å²) in [6.07, 6.45) is 6.54. The summed E-state index contributed by atoms with van der Waals surface area (Å²) in [5.74, 6) is -0.686. The summed E-state index contributed by atoms with van der Waals surface area (Å²) in [6.45, 7) is 1.70. The molecule has 10 N–H and O–H groups in total. The quantitative estimate of drug-likeness (QED) is 0.164. The van der Waals surface area contributed by atoms with E-state index in [1.807, 2.05) is 60.7 Å². The molecule has 0 saturated carbocycles. The van der Waals surface area contributed by atoms with Gasteiger partial charge in [0.1, 0.15) is 6.04 Å². The van der Waals surface area contributed by atoms with Crippen molar-refractivity contribution in [3.63, 3.8) is 0 Å². The minimum Gasteiger partial charge on any atom is -0.343 e. The van der Waals surface area contributed by atoms with Crippen LogP contribution in [0.5, 0.6) is 0 Å². The van der Waals surface area contributed by atoms with E-state index in [0.717, 1.165) is 48.6 Å². The molecular formula is C30H43N7O2. The van der Waals surface area contributed by atoms with Gasteiger partial charge in [0.15, 0.2) is 0 Å². The molecule has 210 valence electrons. The Morgan fingerprint density at radius 2 is 1.49 bits per heavy atom. The molecule has 1 aromatic heterocycles. The molecule has 9 nitrogen and oxygen atoms in total. The van der Waals surface area contributed by atoms with Crippen molar-refractivity contribution in [2.45, 2.75) is 57.0 Å². The second kappa shape index (κ2) is 15.3. The average Bonchev–Trinajstić information content (AvgIpc) is 2.93. The highest BCUT2D eigenvalue weighted by Gasteiger charge is 2.29. The summed E-state index contributed by atoms with van der Waals surface area (Å²) in [5, 5.41) is 6.71. The number of hydrogen-bond acceptors (Lipinski definition) is 7. The second-order valence-electron chi connectivity index (χ2n) is 10.3. The Morgan fingerprint density at radius 3 is 2.15 bits per heavy atom. The maximum absolute atomic E-state index is 13.3. The SMILES string of the molecule is NCCC(CCN)(CCN)CCC[C@H](N)C(=O)N[C@H](Cc1ccccc1)C(=O)Nc1cnc2ccccc2c1. The first-order chi connectivity index (χ1) is 18.9. The number of rotatable bonds is 16. The van der Waals surface area contributed by atoms with Crippen molar-refractivity contribution in [3.05, 3.63) is 72.4 Å². The minimum absolute atomic E-state index is 0.0297. The third kappa shape index (κ3) is 9.11. The molecule has 0 saturated heterocycles. The molecule has 39 heavy (non-hydrogen) atoms. The number of pyridine rings is 1. The summed E-state index contributed by atoms with van der Waals surface area (Å²) in [5.41, 5.74) is 26.2. The molecule has 0 spiro atoms. The third-order valence-corrected chi connectivity index (χ3v) is 7.36. The van der Waals surface area contributed by atoms with Gasteiger partial charge in [0.2, 0.25) is 11.8 Å². The Hall–Kier alpha value is -3.37. The van der Waals surface area contributed by atoms with Crippen LogP contribution in [0.2, 0.25) is 0 Å². The molecule has 0 fully saturated rings. The van der Waals surface area contributed by atoms with Gasteiger partial charge in [0.05, 0.1) is 23.4 Å². The van der Waals surface area contributed by atoms with Gasteiger partial charge >= 0.3 is 0 Å². The molecular weight excluding hydrogens is 490 g/mol. The van der Waals surface area contributed by atoms with E-state index in [9.17, 15) is 9.59 Å². The summed E-state index contributed by atoms with van der Waals surface area (Å²) in [6, 6.07) is 17.6. The number of amides is 2. The van der Waals surface area contributed by atoms with Gasteiger partial charge in [-0.2, -0.15) is 0 Å². The molecule has 0 aliphatic rings. The number of aromatic nitrogens is 1. The first-order valence-electron chi connectivity index (χ1n) is 13.8. The zero-order valence-corrected chi connectivity index (χ0v) is 22.6. The second-order valence-corrected chi connectivity index (χ2v) is 10.3. The molecule has 2 amide bonds. The van der Waals surface area contributed by atoms with E-state index in [2.05, 4.69) is 15.6 Å². The smallest absolute Gasteiger partial charge is 0.247 e. The van der Waals surface area contributed by atoms with Gasteiger partial charge in [0.25, 0.3) is 0 Å². The van der Waals surface area contributed by atoms with Gasteiger partial charge in [-0.15, -0.1) is 0 Å². The number of para-hydroxylation sites is 1. The van der Waals surface area contributed by atoms with Crippen LogP contribution in [0.3, 0.4) is 0 Å². The van der Waals surface area contributed by atoms with Crippen molar-refractivity contribution in [3.8, 4) is 0 Å². The van der Waals surface area contributed by atoms with Crippen LogP contribution in [0.1, 0.15) is 44.1 Å². The highest BCUT2D eigenvalue weighted by molar-refractivity contribution is 5.99. The third-order valence-electron chi connectivity index (χ3n) is 7.36. The van der Waals surface area contributed by atoms with Crippen LogP contribution >= 0.6 is 0 Å². The molecule has 0 aliphatic heterocycles. The molecule has 1 heterocycles. The number of hydrogen-bond donors (Lipinski definition) is 6. The number of nitrogens with one attached hydrogen (secondary N) is 2. The van der Waals surface area contributed by atoms with E-state index in [1.54, 1.807) is 6.20 Å². The average molecular weight is 534 g/mol. The molecule has 0 unspecified atom stereocenters. The normalized spacial score (nSPS) is 13.1. The van der Waals surface area contributed by atoms with E-state index < -0.39 is 12.1 Å². The van der Waals surface area contributed by atoms with Crippen molar-refractivity contribution in [1.29, 1.82) is 0 Å². The molecule has 2 aromatic carbocycles. The topological polar surface area (TPSA) is 175 Å². The molecule has 0 aliphatic carbocycles. The number of nitrogens with two attached hydrogens (primary N) is 4. The highest BCUT2D eigenvalue weighted by atomic mass is 16.2. The fourth-order valence-corrected chi connectivity index (χ4v) is 5.20. The Kier molecular flexibility index (Phi) is 11.8. The van der Waals surface area contributed by atoms with Crippen molar-refractivity contribution < 1.29 is 9.59 Å². The monoisotopic (exact) mass is 533 g/mol. The molecule has 0 bridgehead atoms. The first kappa shape index (κ1) is 30.2. The zero-order valence-electron chi connectivity index (χ0n) is 22.6. The number of nitrogens with zero attached hydrogens (tertiary/aromatic N) is 1. The molecule has 2 atom stereocenters. The van der Waals surface area contributed by atoms with Crippen LogP contribution in [0.25, 0.3) is 10.9 Å². The lowest BCUT2D eigenvalue weighted by atomic mass is 9.74. The van der Waals surface area contributed by atoms with E-state index in [-0.39, 0.29) is 17.2 Å². The maximum atomic E-state index is 13.3. The zero-order chi connectivity index (χ0) is 28.1. The predicted molar refractivity (Wildman–Crippen MR) is 158 cm³/mol. The van der Waals surface area contributed by atoms with E-state index >= 15 is 0 Å². The number of carbonyl (C=O) groups is 2. The summed E-state index contributed by atoms with van der Waals surface area (Å²) in [4.78, 5) is 30.9. The van der Waals surface area contributed by atoms with Crippen molar-refractivity contribution in [2.24, 2.45) is 28.3 Å². The standard InChI is InChI=1S/C30H43N7O2/c31-16-13-30(14-17-32,15-18-33)12-6-10-25(34)28(38)37-27(19-22-7-2-1-3-8-22)29(39)36-24-20-23-9-4-5-11-26(23)35-21-24/h1-5,7-9,11,20-21,25,27H,6,10,12-19,31-34H2,(H,36,39)(H,37,38)/t25-,27+/m0/s1. The van der Waals surface area contributed by atoms with Crippen LogP contribution in [-0.4, -0.2) is 48.5 Å². The van der Waals surface area contributed by atoms with Gasteiger partial charge in [-0.05, 0) is 74.8 Å². The fourth-order valence-electron chi connectivity index (χ4n) is 5.20. The largest absolute Gasteiger partial charge is 0.343 e. The van der Waals surface area contributed by atoms with E-state index in [4.69, 9.17) is 22.9 Å². The molecule has 3 rings (SSSR count). The Labute approximate surface area is 231 Å². The Bertz CT molecular complexity index is 1170. The summed E-state index contributed by atoms with van der Waals surface area (Å²) in [7, 11) is 0. The van der Waals surface area contributed by atoms with Crippen LogP contribution in [0, 0.1) is 5.41 Å². The van der Waals surface area contributed by atoms with Crippen molar-refractivity contribution in [2.75, 3.05) is 25.0 Å². The lowest BCUT2D eigenvalue weighted by Gasteiger charge is -2.33. The Morgan fingerprint density at radius 1 is 0.846 bits per heavy atom. The lowest BCUT2D eigenvalue weighted by Crippen LogP contribution is -2.51. The summed E-state index contributed by atoms with van der Waals surface area (Å²) >= 11 is 0. The van der Waals surface area contributed by atoms with Gasteiger partial charge < -0.3 is 33.6 Å². The maximum Gasteiger partial charge on any atom is 0.247 e. The minimum atomic E-state index is -0.803. The fraction of sp³-hybridized carbons (Fsp3) is 0.433. The van der Waals surface area contributed by atoms with Crippen molar-refractivity contribution in [1.82, 2.24) is 10.3 Å². The van der Waals surface area contributed by atoms with Gasteiger partial charge in [-0.3, -0.25) is 14.6 Å². The van der Waals surface area contributed by atoms with Crippen LogP contribution < -0.4 is 33.6 Å². The highest BCUT2D eigenvalue weighted by Crippen LogP contribution is 2.35. The lowest BCUT2D eigenvalue weighted by molar-refractivity contribution is -0.127. The summed E-state index contributed by atoms with van der Waals surface area (Å²) < 4.78 is 0. The number of anilines is 1. The van der Waals surface area contributed by atoms with Crippen LogP contribution in [0.15, 0.2) is 66.9 Å². The number of carbonyl (C=O) groups excluding carboxylic acids is 2. The Balaban J connectivity index is 1.66. The van der Waals surface area contributed by atoms with Crippen LogP contribution in [0.4, 0.5) is 5.69 Å². The molecule has 9 heteroatoms. The molecule has 3 aromatic rings. The number of fused-ring (bicyclic) bond motifs is 1. The van der Waals surface area contributed by atoms with Gasteiger partial charge in [-0.1, -0.05) is 55.0 Å². The van der Waals surface area contributed by atoms with E-state index in [1.165, 1.54) is 0 Å². The van der Waals surface area contributed by atoms with Crippen molar-refractivity contribution >= 4 is 28.4 Å². The number of benzene rings is 2. The predicted octanol–water partition coefficient (Wildman–Crippen LogP) is 2.43. The first-order valence-corrected chi connectivity index (χ1v) is 13.8. The molecule has 0 radical (unpaired) electrons.